The number of nitrogens with zero attached hydrogens (tertiary/aromatic N) is 1. The van der Waals surface area contributed by atoms with Gasteiger partial charge in [-0.3, -0.25) is 0 Å². The summed E-state index contributed by atoms with van der Waals surface area (Å²) in [4.78, 5) is 5.01. The van der Waals surface area contributed by atoms with Crippen molar-refractivity contribution in [2.45, 2.75) is 32.7 Å². The standard InChI is InChI=1S/C17H22BrNS/c1-17(2,3)16-9-8-15(20-16)14-7-6-13(18)10-12(14)11-19(4)5/h6-10H,11H2,1-5H3. The summed E-state index contributed by atoms with van der Waals surface area (Å²) < 4.78 is 1.14. The van der Waals surface area contributed by atoms with E-state index in [1.807, 2.05) is 11.3 Å². The molecule has 0 atom stereocenters. The number of rotatable bonds is 3. The molecule has 2 rings (SSSR count). The predicted octanol–water partition coefficient (Wildman–Crippen LogP) is 5.54. The molecule has 0 N–H and O–H groups in total. The van der Waals surface area contributed by atoms with Crippen molar-refractivity contribution in [3.05, 3.63) is 45.2 Å². The minimum Gasteiger partial charge on any atom is -0.305 e. The van der Waals surface area contributed by atoms with Crippen molar-refractivity contribution >= 4 is 27.3 Å². The lowest BCUT2D eigenvalue weighted by Crippen LogP contribution is -2.11. The number of thiophene rings is 1. The van der Waals surface area contributed by atoms with Crippen LogP contribution >= 0.6 is 27.3 Å². The van der Waals surface area contributed by atoms with E-state index in [1.165, 1.54) is 20.9 Å². The molecule has 1 aromatic carbocycles. The van der Waals surface area contributed by atoms with Gasteiger partial charge in [0.1, 0.15) is 0 Å². The van der Waals surface area contributed by atoms with Gasteiger partial charge in [0.25, 0.3) is 0 Å². The van der Waals surface area contributed by atoms with Crippen LogP contribution in [-0.2, 0) is 12.0 Å². The molecule has 1 nitrogen and oxygen atoms in total. The molecule has 0 saturated carbocycles. The van der Waals surface area contributed by atoms with Crippen LogP contribution in [0.15, 0.2) is 34.8 Å². The van der Waals surface area contributed by atoms with E-state index in [1.54, 1.807) is 0 Å². The Kier molecular flexibility index (Phi) is 4.73. The molecule has 3 heteroatoms. The minimum atomic E-state index is 0.222. The molecule has 0 spiro atoms. The zero-order chi connectivity index (χ0) is 14.9. The maximum absolute atomic E-state index is 3.58. The van der Waals surface area contributed by atoms with E-state index in [0.29, 0.717) is 0 Å². The Hall–Kier alpha value is -0.640. The fraction of sp³-hybridized carbons (Fsp3) is 0.412. The van der Waals surface area contributed by atoms with E-state index in [9.17, 15) is 0 Å². The summed E-state index contributed by atoms with van der Waals surface area (Å²) in [6.45, 7) is 7.76. The first-order valence-corrected chi connectivity index (χ1v) is 8.42. The van der Waals surface area contributed by atoms with E-state index < -0.39 is 0 Å². The van der Waals surface area contributed by atoms with Gasteiger partial charge in [0, 0.05) is 20.8 Å². The van der Waals surface area contributed by atoms with E-state index >= 15 is 0 Å². The molecule has 0 unspecified atom stereocenters. The van der Waals surface area contributed by atoms with Crippen LogP contribution in [0.4, 0.5) is 0 Å². The van der Waals surface area contributed by atoms with Crippen molar-refractivity contribution in [1.82, 2.24) is 4.90 Å². The molecule has 1 aromatic heterocycles. The van der Waals surface area contributed by atoms with Crippen LogP contribution in [0.1, 0.15) is 31.2 Å². The van der Waals surface area contributed by atoms with Crippen molar-refractivity contribution in [2.75, 3.05) is 14.1 Å². The van der Waals surface area contributed by atoms with Gasteiger partial charge in [0.05, 0.1) is 0 Å². The average Bonchev–Trinajstić information content (AvgIpc) is 2.77. The summed E-state index contributed by atoms with van der Waals surface area (Å²) >= 11 is 5.49. The third-order valence-corrected chi connectivity index (χ3v) is 5.20. The second kappa shape index (κ2) is 6.00. The van der Waals surface area contributed by atoms with Crippen LogP contribution in [-0.4, -0.2) is 19.0 Å². The lowest BCUT2D eigenvalue weighted by Gasteiger charge is -2.16. The molecule has 1 heterocycles. The maximum atomic E-state index is 3.58. The quantitative estimate of drug-likeness (QED) is 0.701. The largest absolute Gasteiger partial charge is 0.305 e. The first-order chi connectivity index (χ1) is 9.27. The molecular formula is C17H22BrNS. The van der Waals surface area contributed by atoms with Crippen molar-refractivity contribution in [1.29, 1.82) is 0 Å². The summed E-state index contributed by atoms with van der Waals surface area (Å²) in [6, 6.07) is 11.1. The normalized spacial score (nSPS) is 12.2. The second-order valence-corrected chi connectivity index (χ2v) is 8.45. The van der Waals surface area contributed by atoms with Gasteiger partial charge >= 0.3 is 0 Å². The van der Waals surface area contributed by atoms with Gasteiger partial charge in [-0.1, -0.05) is 42.8 Å². The summed E-state index contributed by atoms with van der Waals surface area (Å²) in [5.74, 6) is 0. The molecule has 20 heavy (non-hydrogen) atoms. The zero-order valence-electron chi connectivity index (χ0n) is 12.8. The highest BCUT2D eigenvalue weighted by molar-refractivity contribution is 9.10. The fourth-order valence-corrected chi connectivity index (χ4v) is 3.69. The van der Waals surface area contributed by atoms with Crippen LogP contribution in [0.3, 0.4) is 0 Å². The third kappa shape index (κ3) is 3.72. The van der Waals surface area contributed by atoms with E-state index in [-0.39, 0.29) is 5.41 Å². The SMILES string of the molecule is CN(C)Cc1cc(Br)ccc1-c1ccc(C(C)(C)C)s1. The van der Waals surface area contributed by atoms with E-state index in [2.05, 4.69) is 86.0 Å². The molecule has 2 aromatic rings. The van der Waals surface area contributed by atoms with Gasteiger partial charge in [0.15, 0.2) is 0 Å². The first kappa shape index (κ1) is 15.7. The minimum absolute atomic E-state index is 0.222. The highest BCUT2D eigenvalue weighted by Crippen LogP contribution is 2.37. The number of hydrogen-bond donors (Lipinski definition) is 0. The van der Waals surface area contributed by atoms with Gasteiger partial charge in [-0.25, -0.2) is 0 Å². The molecule has 108 valence electrons. The molecular weight excluding hydrogens is 330 g/mol. The van der Waals surface area contributed by atoms with Gasteiger partial charge in [0.2, 0.25) is 0 Å². The van der Waals surface area contributed by atoms with Crippen LogP contribution in [0.2, 0.25) is 0 Å². The highest BCUT2D eigenvalue weighted by Gasteiger charge is 2.17. The highest BCUT2D eigenvalue weighted by atomic mass is 79.9. The topological polar surface area (TPSA) is 3.24 Å². The van der Waals surface area contributed by atoms with E-state index in [0.717, 1.165) is 11.0 Å². The smallest absolute Gasteiger partial charge is 0.0349 e. The van der Waals surface area contributed by atoms with Crippen molar-refractivity contribution in [2.24, 2.45) is 0 Å². The monoisotopic (exact) mass is 351 g/mol. The molecule has 0 bridgehead atoms. The Labute approximate surface area is 134 Å². The number of hydrogen-bond acceptors (Lipinski definition) is 2. The third-order valence-electron chi connectivity index (χ3n) is 3.16. The van der Waals surface area contributed by atoms with Gasteiger partial charge in [-0.2, -0.15) is 0 Å². The molecule has 0 aliphatic carbocycles. The van der Waals surface area contributed by atoms with Gasteiger partial charge in [-0.05, 0) is 54.9 Å². The maximum Gasteiger partial charge on any atom is 0.0349 e. The first-order valence-electron chi connectivity index (χ1n) is 6.81. The molecule has 0 aliphatic heterocycles. The summed E-state index contributed by atoms with van der Waals surface area (Å²) in [7, 11) is 4.22. The van der Waals surface area contributed by atoms with Crippen molar-refractivity contribution < 1.29 is 0 Å². The predicted molar refractivity (Wildman–Crippen MR) is 93.5 cm³/mol. The Morgan fingerprint density at radius 2 is 1.80 bits per heavy atom. The molecule has 0 saturated heterocycles. The van der Waals surface area contributed by atoms with Crippen molar-refractivity contribution in [3.8, 4) is 10.4 Å². The van der Waals surface area contributed by atoms with Crippen LogP contribution in [0, 0.1) is 0 Å². The Balaban J connectivity index is 2.44. The molecule has 0 amide bonds. The summed E-state index contributed by atoms with van der Waals surface area (Å²) in [5, 5.41) is 0. The van der Waals surface area contributed by atoms with Crippen LogP contribution in [0.25, 0.3) is 10.4 Å². The summed E-state index contributed by atoms with van der Waals surface area (Å²) in [6.07, 6.45) is 0. The van der Waals surface area contributed by atoms with Gasteiger partial charge in [-0.15, -0.1) is 11.3 Å². The van der Waals surface area contributed by atoms with Crippen LogP contribution in [0.5, 0.6) is 0 Å². The Bertz CT molecular complexity index is 593. The molecule has 0 radical (unpaired) electrons. The summed E-state index contributed by atoms with van der Waals surface area (Å²) in [5.41, 5.74) is 2.94. The van der Waals surface area contributed by atoms with Crippen molar-refractivity contribution in [3.63, 3.8) is 0 Å². The molecule has 0 fully saturated rings. The van der Waals surface area contributed by atoms with Gasteiger partial charge < -0.3 is 4.90 Å². The van der Waals surface area contributed by atoms with Crippen LogP contribution < -0.4 is 0 Å². The average molecular weight is 352 g/mol. The van der Waals surface area contributed by atoms with E-state index in [4.69, 9.17) is 0 Å². The zero-order valence-corrected chi connectivity index (χ0v) is 15.2. The lowest BCUT2D eigenvalue weighted by molar-refractivity contribution is 0.403. The Morgan fingerprint density at radius 1 is 1.10 bits per heavy atom. The number of halogens is 1. The Morgan fingerprint density at radius 3 is 2.35 bits per heavy atom. The second-order valence-electron chi connectivity index (χ2n) is 6.45. The fourth-order valence-electron chi connectivity index (χ4n) is 2.16. The molecule has 0 aliphatic rings. The number of benzene rings is 1. The lowest BCUT2D eigenvalue weighted by atomic mass is 9.95.